The fraction of sp³-hybridized carbons (Fsp3) is 0. The van der Waals surface area contributed by atoms with Crippen molar-refractivity contribution in [3.8, 4) is 33.9 Å². The highest BCUT2D eigenvalue weighted by molar-refractivity contribution is 6.28. The molecule has 3 nitrogen and oxygen atoms in total. The van der Waals surface area contributed by atoms with Crippen molar-refractivity contribution < 1.29 is 8.22 Å². The zero-order valence-electron chi connectivity index (χ0n) is 21.0. The van der Waals surface area contributed by atoms with Gasteiger partial charge < -0.3 is 0 Å². The van der Waals surface area contributed by atoms with E-state index in [-0.39, 0.29) is 51.6 Å². The Morgan fingerprint density at radius 1 is 0.621 bits per heavy atom. The first-order valence-corrected chi connectivity index (χ1v) is 9.22. The molecule has 0 radical (unpaired) electrons. The minimum atomic E-state index is -0.409. The number of benzene rings is 4. The first-order chi connectivity index (χ1) is 16.8. The zero-order valence-corrected chi connectivity index (χ0v) is 15.7. The lowest BCUT2D eigenvalue weighted by atomic mass is 9.94. The Kier molecular flexibility index (Phi) is 3.11. The van der Waals surface area contributed by atoms with Gasteiger partial charge >= 0.3 is 0 Å². The third-order valence-electron chi connectivity index (χ3n) is 4.46. The Morgan fingerprint density at radius 3 is 2.21 bits per heavy atom. The lowest BCUT2D eigenvalue weighted by Crippen LogP contribution is -1.98. The zero-order chi connectivity index (χ0) is 24.9. The Bertz CT molecular complexity index is 1630. The first-order valence-electron chi connectivity index (χ1n) is 11.8. The van der Waals surface area contributed by atoms with Crippen LogP contribution in [-0.4, -0.2) is 15.0 Å². The summed E-state index contributed by atoms with van der Waals surface area (Å²) in [5.41, 5.74) is 1.88. The van der Waals surface area contributed by atoms with E-state index in [0.717, 1.165) is 5.56 Å². The molecule has 4 aromatic carbocycles. The molecule has 5 rings (SSSR count). The summed E-state index contributed by atoms with van der Waals surface area (Å²) >= 11 is 6.25. The molecule has 0 bridgehead atoms. The molecule has 0 fully saturated rings. The molecule has 0 amide bonds. The van der Waals surface area contributed by atoms with E-state index >= 15 is 0 Å². The summed E-state index contributed by atoms with van der Waals surface area (Å²) < 4.78 is 50.1. The van der Waals surface area contributed by atoms with Crippen molar-refractivity contribution in [1.29, 1.82) is 0 Å². The van der Waals surface area contributed by atoms with Gasteiger partial charge in [0, 0.05) is 11.1 Å². The van der Waals surface area contributed by atoms with Gasteiger partial charge in [-0.05, 0) is 33.5 Å². The van der Waals surface area contributed by atoms with Crippen molar-refractivity contribution in [3.63, 3.8) is 0 Å². The average Bonchev–Trinajstić information content (AvgIpc) is 2.87. The maximum absolute atomic E-state index is 8.66. The van der Waals surface area contributed by atoms with Gasteiger partial charge in [-0.3, -0.25) is 0 Å². The quantitative estimate of drug-likeness (QED) is 0.339. The SMILES string of the molecule is [2H]c1cc2c([2H])c([2H])c([2H])c([2H])c2c(-c2ccccc2-c2nc(Cl)nc(-c3ccccc3)n2)c1[2H]. The molecule has 5 aromatic rings. The van der Waals surface area contributed by atoms with Gasteiger partial charge in [0.1, 0.15) is 0 Å². The van der Waals surface area contributed by atoms with Crippen LogP contribution in [0.15, 0.2) is 96.9 Å². The second kappa shape index (κ2) is 7.46. The first kappa shape index (κ1) is 12.1. The van der Waals surface area contributed by atoms with Crippen molar-refractivity contribution in [2.45, 2.75) is 0 Å². The van der Waals surface area contributed by atoms with Crippen molar-refractivity contribution in [2.24, 2.45) is 0 Å². The number of hydrogen-bond acceptors (Lipinski definition) is 3. The smallest absolute Gasteiger partial charge is 0.208 e. The van der Waals surface area contributed by atoms with Gasteiger partial charge in [0.25, 0.3) is 0 Å². The lowest BCUT2D eigenvalue weighted by molar-refractivity contribution is 1.07. The molecule has 0 aliphatic rings. The Labute approximate surface area is 182 Å². The van der Waals surface area contributed by atoms with Crippen molar-refractivity contribution in [1.82, 2.24) is 15.0 Å². The van der Waals surface area contributed by atoms with Crippen LogP contribution < -0.4 is 0 Å². The lowest BCUT2D eigenvalue weighted by Gasteiger charge is -2.12. The Hall–Kier alpha value is -3.56. The molecular formula is C25H16ClN3. The Balaban J connectivity index is 1.85. The van der Waals surface area contributed by atoms with E-state index in [0.29, 0.717) is 17.0 Å². The van der Waals surface area contributed by atoms with Crippen molar-refractivity contribution in [2.75, 3.05) is 0 Å². The number of aromatic nitrogens is 3. The maximum atomic E-state index is 8.66. The van der Waals surface area contributed by atoms with Crippen molar-refractivity contribution >= 4 is 22.4 Å². The predicted molar refractivity (Wildman–Crippen MR) is 119 cm³/mol. The second-order valence-electron chi connectivity index (χ2n) is 6.24. The second-order valence-corrected chi connectivity index (χ2v) is 6.58. The minimum Gasteiger partial charge on any atom is -0.208 e. The Morgan fingerprint density at radius 2 is 1.34 bits per heavy atom. The topological polar surface area (TPSA) is 38.7 Å². The molecule has 0 atom stereocenters. The van der Waals surface area contributed by atoms with Crippen LogP contribution in [0.4, 0.5) is 0 Å². The molecule has 0 spiro atoms. The predicted octanol–water partition coefficient (Wildman–Crippen LogP) is 6.68. The molecule has 1 aromatic heterocycles. The van der Waals surface area contributed by atoms with Crippen LogP contribution in [-0.2, 0) is 0 Å². The molecule has 0 saturated heterocycles. The molecule has 0 aliphatic carbocycles. The summed E-state index contributed by atoms with van der Waals surface area (Å²) in [7, 11) is 0. The highest BCUT2D eigenvalue weighted by Gasteiger charge is 2.14. The van der Waals surface area contributed by atoms with E-state index in [1.54, 1.807) is 24.3 Å². The highest BCUT2D eigenvalue weighted by Crippen LogP contribution is 2.35. The van der Waals surface area contributed by atoms with E-state index in [4.69, 9.17) is 19.8 Å². The standard InChI is InChI=1S/C25H16ClN3/c26-25-28-23(18-10-2-1-3-11-18)27-24(29-25)22-15-7-6-14-21(22)20-16-8-12-17-9-4-5-13-19(17)20/h1-16H/i4D,5D,8D,9D,13D,16D. The number of fused-ring (bicyclic) bond motifs is 1. The van der Waals surface area contributed by atoms with Crippen LogP contribution in [0.5, 0.6) is 0 Å². The molecule has 0 unspecified atom stereocenters. The molecule has 0 N–H and O–H groups in total. The van der Waals surface area contributed by atoms with Crippen LogP contribution in [0.25, 0.3) is 44.7 Å². The van der Waals surface area contributed by atoms with Gasteiger partial charge in [-0.25, -0.2) is 4.98 Å². The third kappa shape index (κ3) is 3.37. The van der Waals surface area contributed by atoms with Gasteiger partial charge in [0.2, 0.25) is 5.28 Å². The van der Waals surface area contributed by atoms with Gasteiger partial charge in [0.05, 0.1) is 8.22 Å². The van der Waals surface area contributed by atoms with E-state index < -0.39 is 12.1 Å². The van der Waals surface area contributed by atoms with Crippen LogP contribution in [0, 0.1) is 0 Å². The van der Waals surface area contributed by atoms with Crippen LogP contribution in [0.1, 0.15) is 8.22 Å². The number of hydrogen-bond donors (Lipinski definition) is 0. The van der Waals surface area contributed by atoms with Crippen LogP contribution >= 0.6 is 11.6 Å². The fourth-order valence-electron chi connectivity index (χ4n) is 3.16. The molecule has 1 heterocycles. The number of nitrogens with zero attached hydrogens (tertiary/aromatic N) is 3. The molecule has 29 heavy (non-hydrogen) atoms. The monoisotopic (exact) mass is 399 g/mol. The van der Waals surface area contributed by atoms with Crippen LogP contribution in [0.2, 0.25) is 5.28 Å². The summed E-state index contributed by atoms with van der Waals surface area (Å²) in [5, 5.41) is 0.309. The highest BCUT2D eigenvalue weighted by atomic mass is 35.5. The van der Waals surface area contributed by atoms with Crippen LogP contribution in [0.3, 0.4) is 0 Å². The largest absolute Gasteiger partial charge is 0.226 e. The molecule has 138 valence electrons. The summed E-state index contributed by atoms with van der Waals surface area (Å²) in [4.78, 5) is 13.1. The number of rotatable bonds is 3. The summed E-state index contributed by atoms with van der Waals surface area (Å²) in [5.74, 6) is 0.603. The number of halogens is 1. The summed E-state index contributed by atoms with van der Waals surface area (Å²) in [6.07, 6.45) is 0. The normalized spacial score (nSPS) is 13.8. The third-order valence-corrected chi connectivity index (χ3v) is 4.63. The minimum absolute atomic E-state index is 0.0178. The maximum Gasteiger partial charge on any atom is 0.226 e. The summed E-state index contributed by atoms with van der Waals surface area (Å²) in [6.45, 7) is 0. The average molecular weight is 400 g/mol. The molecule has 0 saturated carbocycles. The van der Waals surface area contributed by atoms with Gasteiger partial charge in [-0.15, -0.1) is 0 Å². The van der Waals surface area contributed by atoms with Gasteiger partial charge in [0.15, 0.2) is 11.6 Å². The van der Waals surface area contributed by atoms with E-state index in [1.165, 1.54) is 6.07 Å². The van der Waals surface area contributed by atoms with Crippen molar-refractivity contribution in [3.05, 3.63) is 102 Å². The van der Waals surface area contributed by atoms with E-state index in [1.807, 2.05) is 30.3 Å². The summed E-state index contributed by atoms with van der Waals surface area (Å²) in [6, 6.07) is 15.9. The molecule has 4 heteroatoms. The van der Waals surface area contributed by atoms with Gasteiger partial charge in [-0.1, -0.05) is 96.9 Å². The van der Waals surface area contributed by atoms with E-state index in [9.17, 15) is 0 Å². The molecular weight excluding hydrogens is 378 g/mol. The van der Waals surface area contributed by atoms with Gasteiger partial charge in [-0.2, -0.15) is 9.97 Å². The van der Waals surface area contributed by atoms with E-state index in [2.05, 4.69) is 15.0 Å². The fourth-order valence-corrected chi connectivity index (χ4v) is 3.32. The molecule has 0 aliphatic heterocycles.